The zero-order chi connectivity index (χ0) is 18.5. The highest BCUT2D eigenvalue weighted by Crippen LogP contribution is 2.32. The van der Waals surface area contributed by atoms with Crippen LogP contribution in [0, 0.1) is 0 Å². The van der Waals surface area contributed by atoms with Crippen LogP contribution < -0.4 is 10.1 Å². The van der Waals surface area contributed by atoms with Crippen molar-refractivity contribution in [3.8, 4) is 5.75 Å². The number of nitrogens with one attached hydrogen (secondary N) is 1. The molecule has 1 N–H and O–H groups in total. The van der Waals surface area contributed by atoms with Crippen LogP contribution in [0.15, 0.2) is 53.1 Å². The van der Waals surface area contributed by atoms with Crippen LogP contribution in [0.1, 0.15) is 24.2 Å². The lowest BCUT2D eigenvalue weighted by molar-refractivity contribution is 0.0527. The molecule has 0 aliphatic rings. The first-order valence-corrected chi connectivity index (χ1v) is 9.17. The molecule has 0 bridgehead atoms. The van der Waals surface area contributed by atoms with Crippen molar-refractivity contribution in [2.24, 2.45) is 0 Å². The predicted molar refractivity (Wildman–Crippen MR) is 106 cm³/mol. The third-order valence-electron chi connectivity index (χ3n) is 3.76. The molecule has 2 aromatic carbocycles. The zero-order valence-corrected chi connectivity index (χ0v) is 16.2. The molecule has 0 unspecified atom stereocenters. The third kappa shape index (κ3) is 3.96. The molecule has 0 aliphatic heterocycles. The summed E-state index contributed by atoms with van der Waals surface area (Å²) in [4.78, 5) is 16.8. The number of anilines is 2. The summed E-state index contributed by atoms with van der Waals surface area (Å²) in [7, 11) is 0. The Kier molecular flexibility index (Phi) is 5.73. The molecule has 0 amide bonds. The Labute approximate surface area is 160 Å². The van der Waals surface area contributed by atoms with Crippen molar-refractivity contribution in [3.05, 3.63) is 58.7 Å². The number of ether oxygens (including phenoxy) is 2. The second-order valence-corrected chi connectivity index (χ2v) is 6.43. The van der Waals surface area contributed by atoms with Gasteiger partial charge >= 0.3 is 5.97 Å². The second kappa shape index (κ2) is 8.19. The van der Waals surface area contributed by atoms with E-state index in [2.05, 4.69) is 26.2 Å². The van der Waals surface area contributed by atoms with Crippen molar-refractivity contribution < 1.29 is 14.3 Å². The fourth-order valence-corrected chi connectivity index (χ4v) is 2.87. The minimum Gasteiger partial charge on any atom is -0.494 e. The number of esters is 1. The summed E-state index contributed by atoms with van der Waals surface area (Å²) in [6, 6.07) is 13.3. The molecule has 0 fully saturated rings. The smallest absolute Gasteiger partial charge is 0.341 e. The standard InChI is InChI=1S/C20H19BrN2O3/c1-3-25-15-9-10-18-16(11-15)19(17(12-22-18)20(24)26-4-2)23-14-7-5-13(21)6-8-14/h5-12H,3-4H2,1-2H3,(H,22,23). The maximum absolute atomic E-state index is 12.4. The van der Waals surface area contributed by atoms with Crippen LogP contribution in [-0.2, 0) is 4.74 Å². The van der Waals surface area contributed by atoms with E-state index in [1.54, 1.807) is 13.1 Å². The van der Waals surface area contributed by atoms with E-state index < -0.39 is 5.97 Å². The van der Waals surface area contributed by atoms with Gasteiger partial charge in [-0.05, 0) is 56.3 Å². The lowest BCUT2D eigenvalue weighted by Crippen LogP contribution is -2.09. The first kappa shape index (κ1) is 18.2. The zero-order valence-electron chi connectivity index (χ0n) is 14.6. The van der Waals surface area contributed by atoms with Gasteiger partial charge < -0.3 is 14.8 Å². The number of aromatic nitrogens is 1. The van der Waals surface area contributed by atoms with Gasteiger partial charge in [-0.1, -0.05) is 15.9 Å². The summed E-state index contributed by atoms with van der Waals surface area (Å²) in [5.41, 5.74) is 2.66. The molecule has 1 heterocycles. The summed E-state index contributed by atoms with van der Waals surface area (Å²) >= 11 is 3.43. The molecule has 0 saturated heterocycles. The molecular weight excluding hydrogens is 396 g/mol. The predicted octanol–water partition coefficient (Wildman–Crippen LogP) is 5.32. The van der Waals surface area contributed by atoms with Gasteiger partial charge in [-0.25, -0.2) is 4.79 Å². The van der Waals surface area contributed by atoms with Gasteiger partial charge in [0, 0.05) is 21.7 Å². The summed E-state index contributed by atoms with van der Waals surface area (Å²) in [5, 5.41) is 4.13. The normalized spacial score (nSPS) is 10.6. The van der Waals surface area contributed by atoms with Gasteiger partial charge in [0.15, 0.2) is 0 Å². The molecule has 26 heavy (non-hydrogen) atoms. The highest BCUT2D eigenvalue weighted by Gasteiger charge is 2.17. The SMILES string of the molecule is CCOC(=O)c1cnc2ccc(OCC)cc2c1Nc1ccc(Br)cc1. The average molecular weight is 415 g/mol. The van der Waals surface area contributed by atoms with Crippen LogP contribution >= 0.6 is 15.9 Å². The minimum atomic E-state index is -0.414. The van der Waals surface area contributed by atoms with Crippen LogP contribution in [0.5, 0.6) is 5.75 Å². The van der Waals surface area contributed by atoms with Crippen LogP contribution in [0.3, 0.4) is 0 Å². The van der Waals surface area contributed by atoms with E-state index in [4.69, 9.17) is 9.47 Å². The van der Waals surface area contributed by atoms with Gasteiger partial charge in [0.2, 0.25) is 0 Å². The maximum Gasteiger partial charge on any atom is 0.341 e. The molecular formula is C20H19BrN2O3. The highest BCUT2D eigenvalue weighted by atomic mass is 79.9. The lowest BCUT2D eigenvalue weighted by atomic mass is 10.1. The van der Waals surface area contributed by atoms with Crippen molar-refractivity contribution in [2.75, 3.05) is 18.5 Å². The molecule has 0 radical (unpaired) electrons. The first-order chi connectivity index (χ1) is 12.6. The number of carbonyl (C=O) groups excluding carboxylic acids is 1. The quantitative estimate of drug-likeness (QED) is 0.553. The topological polar surface area (TPSA) is 60.5 Å². The molecule has 3 rings (SSSR count). The summed E-state index contributed by atoms with van der Waals surface area (Å²) in [6.07, 6.45) is 1.54. The Balaban J connectivity index is 2.15. The number of rotatable bonds is 6. The minimum absolute atomic E-state index is 0.299. The third-order valence-corrected chi connectivity index (χ3v) is 4.29. The number of fused-ring (bicyclic) bond motifs is 1. The van der Waals surface area contributed by atoms with Crippen molar-refractivity contribution in [2.45, 2.75) is 13.8 Å². The number of pyridine rings is 1. The van der Waals surface area contributed by atoms with Crippen molar-refractivity contribution >= 4 is 44.2 Å². The Morgan fingerprint density at radius 3 is 2.58 bits per heavy atom. The number of nitrogens with zero attached hydrogens (tertiary/aromatic N) is 1. The van der Waals surface area contributed by atoms with Crippen LogP contribution in [0.4, 0.5) is 11.4 Å². The van der Waals surface area contributed by atoms with Gasteiger partial charge in [-0.2, -0.15) is 0 Å². The Bertz CT molecular complexity index is 926. The Morgan fingerprint density at radius 2 is 1.88 bits per heavy atom. The number of hydrogen-bond donors (Lipinski definition) is 1. The van der Waals surface area contributed by atoms with E-state index >= 15 is 0 Å². The number of hydrogen-bond acceptors (Lipinski definition) is 5. The summed E-state index contributed by atoms with van der Waals surface area (Å²) < 4.78 is 11.8. The molecule has 5 nitrogen and oxygen atoms in total. The molecule has 1 aromatic heterocycles. The van der Waals surface area contributed by atoms with Gasteiger partial charge in [-0.15, -0.1) is 0 Å². The Morgan fingerprint density at radius 1 is 1.12 bits per heavy atom. The molecule has 0 spiro atoms. The Hall–Kier alpha value is -2.60. The largest absolute Gasteiger partial charge is 0.494 e. The van der Waals surface area contributed by atoms with Crippen molar-refractivity contribution in [1.29, 1.82) is 0 Å². The van der Waals surface area contributed by atoms with Crippen LogP contribution in [0.25, 0.3) is 10.9 Å². The number of halogens is 1. The first-order valence-electron chi connectivity index (χ1n) is 8.37. The fourth-order valence-electron chi connectivity index (χ4n) is 2.60. The molecule has 134 valence electrons. The van der Waals surface area contributed by atoms with E-state index in [-0.39, 0.29) is 0 Å². The molecule has 3 aromatic rings. The highest BCUT2D eigenvalue weighted by molar-refractivity contribution is 9.10. The monoisotopic (exact) mass is 414 g/mol. The average Bonchev–Trinajstić information content (AvgIpc) is 2.64. The van der Waals surface area contributed by atoms with E-state index in [9.17, 15) is 4.79 Å². The molecule has 0 atom stereocenters. The molecule has 0 aliphatic carbocycles. The second-order valence-electron chi connectivity index (χ2n) is 5.51. The number of benzene rings is 2. The van der Waals surface area contributed by atoms with E-state index in [0.717, 1.165) is 26.8 Å². The van der Waals surface area contributed by atoms with Crippen molar-refractivity contribution in [1.82, 2.24) is 4.98 Å². The molecule has 6 heteroatoms. The van der Waals surface area contributed by atoms with E-state index in [1.807, 2.05) is 49.4 Å². The van der Waals surface area contributed by atoms with E-state index in [0.29, 0.717) is 24.5 Å². The van der Waals surface area contributed by atoms with Gasteiger partial charge in [0.05, 0.1) is 24.4 Å². The van der Waals surface area contributed by atoms with Gasteiger partial charge in [0.1, 0.15) is 11.3 Å². The fraction of sp³-hybridized carbons (Fsp3) is 0.200. The summed E-state index contributed by atoms with van der Waals surface area (Å²) in [5.74, 6) is 0.310. The lowest BCUT2D eigenvalue weighted by Gasteiger charge is -2.15. The van der Waals surface area contributed by atoms with Crippen LogP contribution in [0.2, 0.25) is 0 Å². The number of carbonyl (C=O) groups is 1. The summed E-state index contributed by atoms with van der Waals surface area (Å²) in [6.45, 7) is 4.57. The molecule has 0 saturated carbocycles. The van der Waals surface area contributed by atoms with Crippen LogP contribution in [-0.4, -0.2) is 24.2 Å². The van der Waals surface area contributed by atoms with Gasteiger partial charge in [0.25, 0.3) is 0 Å². The van der Waals surface area contributed by atoms with Crippen molar-refractivity contribution in [3.63, 3.8) is 0 Å². The maximum atomic E-state index is 12.4. The van der Waals surface area contributed by atoms with Gasteiger partial charge in [-0.3, -0.25) is 4.98 Å². The van der Waals surface area contributed by atoms with E-state index in [1.165, 1.54) is 0 Å².